The van der Waals surface area contributed by atoms with Gasteiger partial charge in [-0.3, -0.25) is 4.79 Å². The van der Waals surface area contributed by atoms with Gasteiger partial charge in [0, 0.05) is 23.6 Å². The number of aromatic nitrogens is 3. The minimum Gasteiger partial charge on any atom is -0.325 e. The molecule has 2 heterocycles. The van der Waals surface area contributed by atoms with E-state index in [4.69, 9.17) is 0 Å². The molecule has 0 fully saturated rings. The molecule has 4 aromatic rings. The van der Waals surface area contributed by atoms with Crippen LogP contribution >= 0.6 is 11.8 Å². The van der Waals surface area contributed by atoms with Gasteiger partial charge in [0.15, 0.2) is 0 Å². The Morgan fingerprint density at radius 2 is 1.89 bits per heavy atom. The van der Waals surface area contributed by atoms with E-state index in [1.807, 2.05) is 37.3 Å². The first-order chi connectivity index (χ1) is 13.6. The number of aryl methyl sites for hydroxylation is 1. The fraction of sp³-hybridized carbons (Fsp3) is 0.0952. The highest BCUT2D eigenvalue weighted by Crippen LogP contribution is 2.26. The average Bonchev–Trinajstić information content (AvgIpc) is 3.13. The van der Waals surface area contributed by atoms with Crippen molar-refractivity contribution in [2.24, 2.45) is 0 Å². The summed E-state index contributed by atoms with van der Waals surface area (Å²) in [5, 5.41) is 8.08. The van der Waals surface area contributed by atoms with Crippen LogP contribution in [0.2, 0.25) is 0 Å². The van der Waals surface area contributed by atoms with Gasteiger partial charge in [-0.25, -0.2) is 13.9 Å². The van der Waals surface area contributed by atoms with E-state index >= 15 is 0 Å². The lowest BCUT2D eigenvalue weighted by Crippen LogP contribution is -2.14. The monoisotopic (exact) mass is 392 g/mol. The second-order valence-corrected chi connectivity index (χ2v) is 7.27. The van der Waals surface area contributed by atoms with Crippen molar-refractivity contribution in [1.29, 1.82) is 0 Å². The number of benzene rings is 2. The Hall–Kier alpha value is -3.19. The molecule has 0 aliphatic heterocycles. The van der Waals surface area contributed by atoms with Gasteiger partial charge in [0.25, 0.3) is 0 Å². The van der Waals surface area contributed by atoms with E-state index in [9.17, 15) is 9.18 Å². The zero-order valence-electron chi connectivity index (χ0n) is 15.1. The second-order valence-electron chi connectivity index (χ2n) is 6.30. The molecule has 0 unspecified atom stereocenters. The first kappa shape index (κ1) is 18.2. The molecule has 140 valence electrons. The Balaban J connectivity index is 1.50. The zero-order valence-corrected chi connectivity index (χ0v) is 15.9. The number of amides is 1. The van der Waals surface area contributed by atoms with Crippen molar-refractivity contribution in [2.45, 2.75) is 11.9 Å². The number of rotatable bonds is 5. The molecule has 2 aromatic carbocycles. The Bertz CT molecular complexity index is 1120. The van der Waals surface area contributed by atoms with Crippen molar-refractivity contribution in [3.05, 3.63) is 78.4 Å². The highest BCUT2D eigenvalue weighted by molar-refractivity contribution is 8.00. The van der Waals surface area contributed by atoms with Crippen LogP contribution in [0.4, 0.5) is 10.1 Å². The third kappa shape index (κ3) is 4.04. The molecule has 0 aliphatic rings. The van der Waals surface area contributed by atoms with Crippen LogP contribution in [0.3, 0.4) is 0 Å². The minimum atomic E-state index is -0.339. The minimum absolute atomic E-state index is 0.182. The van der Waals surface area contributed by atoms with E-state index in [2.05, 4.69) is 15.4 Å². The third-order valence-corrected chi connectivity index (χ3v) is 5.16. The Morgan fingerprint density at radius 1 is 1.14 bits per heavy atom. The first-order valence-corrected chi connectivity index (χ1v) is 9.67. The molecule has 5 nitrogen and oxygen atoms in total. The topological polar surface area (TPSA) is 59.3 Å². The molecule has 0 aliphatic carbocycles. The molecule has 7 heteroatoms. The van der Waals surface area contributed by atoms with E-state index in [-0.39, 0.29) is 17.5 Å². The van der Waals surface area contributed by atoms with Gasteiger partial charge in [0.2, 0.25) is 5.91 Å². The van der Waals surface area contributed by atoms with Crippen molar-refractivity contribution in [2.75, 3.05) is 11.1 Å². The second kappa shape index (κ2) is 7.82. The van der Waals surface area contributed by atoms with Gasteiger partial charge < -0.3 is 5.32 Å². The highest BCUT2D eigenvalue weighted by atomic mass is 32.2. The number of fused-ring (bicyclic) bond motifs is 1. The number of hydrogen-bond acceptors (Lipinski definition) is 4. The number of hydrogen-bond donors (Lipinski definition) is 1. The van der Waals surface area contributed by atoms with Crippen LogP contribution in [-0.4, -0.2) is 26.3 Å². The van der Waals surface area contributed by atoms with Crippen molar-refractivity contribution in [1.82, 2.24) is 14.6 Å². The number of nitrogens with zero attached hydrogens (tertiary/aromatic N) is 3. The number of carbonyl (C=O) groups is 1. The maximum atomic E-state index is 13.0. The smallest absolute Gasteiger partial charge is 0.234 e. The van der Waals surface area contributed by atoms with E-state index < -0.39 is 0 Å². The van der Waals surface area contributed by atoms with Gasteiger partial charge in [-0.2, -0.15) is 5.10 Å². The molecule has 28 heavy (non-hydrogen) atoms. The number of thioether (sulfide) groups is 1. The number of carbonyl (C=O) groups excluding carboxylic acids is 1. The third-order valence-electron chi connectivity index (χ3n) is 4.17. The summed E-state index contributed by atoms with van der Waals surface area (Å²) in [6, 6.07) is 15.8. The van der Waals surface area contributed by atoms with Crippen molar-refractivity contribution < 1.29 is 9.18 Å². The lowest BCUT2D eigenvalue weighted by Gasteiger charge is -2.05. The summed E-state index contributed by atoms with van der Waals surface area (Å²) in [7, 11) is 0. The molecule has 4 rings (SSSR count). The molecule has 0 spiro atoms. The molecule has 1 N–H and O–H groups in total. The largest absolute Gasteiger partial charge is 0.325 e. The lowest BCUT2D eigenvalue weighted by atomic mass is 10.1. The summed E-state index contributed by atoms with van der Waals surface area (Å²) in [5.41, 5.74) is 4.48. The Kier molecular flexibility index (Phi) is 5.08. The molecular formula is C21H17FN4OS. The van der Waals surface area contributed by atoms with Gasteiger partial charge in [0.05, 0.1) is 17.0 Å². The van der Waals surface area contributed by atoms with E-state index in [1.165, 1.54) is 41.6 Å². The van der Waals surface area contributed by atoms with E-state index in [0.29, 0.717) is 5.69 Å². The van der Waals surface area contributed by atoms with E-state index in [0.717, 1.165) is 21.8 Å². The standard InChI is InChI=1S/C21H17FN4OS/c1-14-2-4-15(5-3-14)18-12-19-21(23-10-11-26(19)25-18)28-13-20(27)24-17-8-6-16(22)7-9-17/h2-12H,13H2,1H3,(H,24,27). The van der Waals surface area contributed by atoms with Crippen LogP contribution in [0, 0.1) is 12.7 Å². The van der Waals surface area contributed by atoms with Crippen LogP contribution in [-0.2, 0) is 4.79 Å². The van der Waals surface area contributed by atoms with Crippen LogP contribution < -0.4 is 5.32 Å². The fourth-order valence-electron chi connectivity index (χ4n) is 2.74. The number of nitrogens with one attached hydrogen (secondary N) is 1. The molecule has 0 saturated carbocycles. The van der Waals surface area contributed by atoms with Gasteiger partial charge in [-0.15, -0.1) is 0 Å². The molecule has 0 radical (unpaired) electrons. The molecule has 1 amide bonds. The van der Waals surface area contributed by atoms with Gasteiger partial charge in [-0.05, 0) is 37.3 Å². The molecule has 0 saturated heterocycles. The molecule has 2 aromatic heterocycles. The summed E-state index contributed by atoms with van der Waals surface area (Å²) in [4.78, 5) is 16.6. The SMILES string of the molecule is Cc1ccc(-c2cc3c(SCC(=O)Nc4ccc(F)cc4)nccn3n2)cc1. The summed E-state index contributed by atoms with van der Waals surface area (Å²) < 4.78 is 14.7. The molecule has 0 bridgehead atoms. The maximum Gasteiger partial charge on any atom is 0.234 e. The fourth-order valence-corrected chi connectivity index (χ4v) is 3.51. The van der Waals surface area contributed by atoms with Crippen LogP contribution in [0.25, 0.3) is 16.8 Å². The van der Waals surface area contributed by atoms with E-state index in [1.54, 1.807) is 16.9 Å². The normalized spacial score (nSPS) is 10.9. The van der Waals surface area contributed by atoms with Crippen LogP contribution in [0.5, 0.6) is 0 Å². The predicted octanol–water partition coefficient (Wildman–Crippen LogP) is 4.57. The molecule has 0 atom stereocenters. The van der Waals surface area contributed by atoms with Crippen molar-refractivity contribution in [3.63, 3.8) is 0 Å². The summed E-state index contributed by atoms with van der Waals surface area (Å²) >= 11 is 1.33. The highest BCUT2D eigenvalue weighted by Gasteiger charge is 2.11. The summed E-state index contributed by atoms with van der Waals surface area (Å²) in [6.07, 6.45) is 3.45. The zero-order chi connectivity index (χ0) is 19.5. The first-order valence-electron chi connectivity index (χ1n) is 8.68. The van der Waals surface area contributed by atoms with Crippen molar-refractivity contribution >= 4 is 28.9 Å². The number of halogens is 1. The number of anilines is 1. The quantitative estimate of drug-likeness (QED) is 0.505. The lowest BCUT2D eigenvalue weighted by molar-refractivity contribution is -0.113. The predicted molar refractivity (Wildman–Crippen MR) is 109 cm³/mol. The molecular weight excluding hydrogens is 375 g/mol. The van der Waals surface area contributed by atoms with Crippen molar-refractivity contribution in [3.8, 4) is 11.3 Å². The van der Waals surface area contributed by atoms with Gasteiger partial charge in [0.1, 0.15) is 10.8 Å². The van der Waals surface area contributed by atoms with Gasteiger partial charge in [-0.1, -0.05) is 41.6 Å². The maximum absolute atomic E-state index is 13.0. The van der Waals surface area contributed by atoms with Crippen LogP contribution in [0.1, 0.15) is 5.56 Å². The van der Waals surface area contributed by atoms with Gasteiger partial charge >= 0.3 is 0 Å². The Morgan fingerprint density at radius 3 is 2.64 bits per heavy atom. The Labute approximate surface area is 165 Å². The van der Waals surface area contributed by atoms with Crippen LogP contribution in [0.15, 0.2) is 72.0 Å². The summed E-state index contributed by atoms with van der Waals surface area (Å²) in [5.74, 6) is -0.332. The average molecular weight is 392 g/mol. The summed E-state index contributed by atoms with van der Waals surface area (Å²) in [6.45, 7) is 2.04.